The topological polar surface area (TPSA) is 48.0 Å². The van der Waals surface area contributed by atoms with Gasteiger partial charge in [0.15, 0.2) is 11.5 Å². The van der Waals surface area contributed by atoms with Crippen molar-refractivity contribution >= 4 is 5.91 Å². The van der Waals surface area contributed by atoms with E-state index < -0.39 is 0 Å². The first kappa shape index (κ1) is 16.6. The van der Waals surface area contributed by atoms with Gasteiger partial charge in [-0.2, -0.15) is 0 Å². The number of aryl methyl sites for hydroxylation is 1. The lowest BCUT2D eigenvalue weighted by molar-refractivity contribution is -0.130. The Morgan fingerprint density at radius 3 is 2.77 bits per heavy atom. The number of carbonyl (C=O) groups excluding carboxylic acids is 1. The lowest BCUT2D eigenvalue weighted by Gasteiger charge is -2.16. The van der Waals surface area contributed by atoms with E-state index in [2.05, 4.69) is 0 Å². The Morgan fingerprint density at radius 1 is 1.32 bits per heavy atom. The van der Waals surface area contributed by atoms with Crippen LogP contribution in [-0.2, 0) is 16.0 Å². The highest BCUT2D eigenvalue weighted by Crippen LogP contribution is 2.28. The molecule has 5 nitrogen and oxygen atoms in total. The van der Waals surface area contributed by atoms with Gasteiger partial charge in [0, 0.05) is 26.6 Å². The van der Waals surface area contributed by atoms with Gasteiger partial charge in [0.05, 0.1) is 19.8 Å². The third-order valence-electron chi connectivity index (χ3n) is 3.99. The van der Waals surface area contributed by atoms with Gasteiger partial charge in [-0.15, -0.1) is 0 Å². The van der Waals surface area contributed by atoms with Gasteiger partial charge in [-0.1, -0.05) is 6.07 Å². The number of methoxy groups -OCH3 is 2. The molecular formula is C17H25NO4. The zero-order chi connectivity index (χ0) is 15.9. The summed E-state index contributed by atoms with van der Waals surface area (Å²) in [6.45, 7) is 4.05. The fraction of sp³-hybridized carbons (Fsp3) is 0.588. The first-order valence-corrected chi connectivity index (χ1v) is 7.78. The second-order valence-electron chi connectivity index (χ2n) is 5.40. The molecule has 0 radical (unpaired) electrons. The van der Waals surface area contributed by atoms with Crippen molar-refractivity contribution in [2.75, 3.05) is 33.9 Å². The summed E-state index contributed by atoms with van der Waals surface area (Å²) in [5.41, 5.74) is 1.08. The molecule has 1 saturated heterocycles. The highest BCUT2D eigenvalue weighted by atomic mass is 16.5. The van der Waals surface area contributed by atoms with Crippen molar-refractivity contribution in [3.05, 3.63) is 23.8 Å². The maximum absolute atomic E-state index is 12.2. The molecule has 1 fully saturated rings. The number of nitrogens with zero attached hydrogens (tertiary/aromatic N) is 1. The smallest absolute Gasteiger partial charge is 0.222 e. The van der Waals surface area contributed by atoms with Gasteiger partial charge in [0.25, 0.3) is 0 Å². The zero-order valence-corrected chi connectivity index (χ0v) is 13.6. The lowest BCUT2D eigenvalue weighted by Crippen LogP contribution is -2.30. The van der Waals surface area contributed by atoms with Crippen molar-refractivity contribution in [3.63, 3.8) is 0 Å². The van der Waals surface area contributed by atoms with Crippen LogP contribution >= 0.6 is 0 Å². The van der Waals surface area contributed by atoms with Gasteiger partial charge >= 0.3 is 0 Å². The molecule has 1 heterocycles. The fourth-order valence-corrected chi connectivity index (χ4v) is 2.70. The molecule has 1 aromatic carbocycles. The normalized spacial score (nSPS) is 17.6. The van der Waals surface area contributed by atoms with Crippen LogP contribution in [0.4, 0.5) is 0 Å². The standard InChI is InChI=1S/C17H25NO4/c1-4-22-15-7-5-13(11-16(15)21-3)6-8-17(19)18-10-9-14(12-18)20-2/h5,7,11,14H,4,6,8-10,12H2,1-3H3. The Kier molecular flexibility index (Phi) is 6.07. The molecule has 1 aliphatic rings. The SMILES string of the molecule is CCOc1ccc(CCC(=O)N2CCC(OC)C2)cc1OC. The van der Waals surface area contributed by atoms with Crippen molar-refractivity contribution < 1.29 is 19.0 Å². The molecular weight excluding hydrogens is 282 g/mol. The van der Waals surface area contributed by atoms with E-state index in [1.165, 1.54) is 0 Å². The molecule has 0 bridgehead atoms. The molecule has 2 rings (SSSR count). The van der Waals surface area contributed by atoms with E-state index in [1.807, 2.05) is 30.0 Å². The predicted molar refractivity (Wildman–Crippen MR) is 84.5 cm³/mol. The Balaban J connectivity index is 1.90. The number of hydrogen-bond acceptors (Lipinski definition) is 4. The van der Waals surface area contributed by atoms with Crippen LogP contribution < -0.4 is 9.47 Å². The summed E-state index contributed by atoms with van der Waals surface area (Å²) in [5.74, 6) is 1.64. The van der Waals surface area contributed by atoms with Crippen LogP contribution in [0.5, 0.6) is 11.5 Å². The molecule has 1 aromatic rings. The fourth-order valence-electron chi connectivity index (χ4n) is 2.70. The van der Waals surface area contributed by atoms with Gasteiger partial charge in [0.1, 0.15) is 0 Å². The Hall–Kier alpha value is -1.75. The van der Waals surface area contributed by atoms with E-state index in [9.17, 15) is 4.79 Å². The molecule has 0 N–H and O–H groups in total. The molecule has 22 heavy (non-hydrogen) atoms. The number of hydrogen-bond donors (Lipinski definition) is 0. The summed E-state index contributed by atoms with van der Waals surface area (Å²) in [7, 11) is 3.33. The number of likely N-dealkylation sites (tertiary alicyclic amines) is 1. The highest BCUT2D eigenvalue weighted by Gasteiger charge is 2.25. The maximum Gasteiger partial charge on any atom is 0.222 e. The molecule has 0 spiro atoms. The van der Waals surface area contributed by atoms with Crippen molar-refractivity contribution in [1.29, 1.82) is 0 Å². The second kappa shape index (κ2) is 8.03. The van der Waals surface area contributed by atoms with E-state index in [0.29, 0.717) is 31.7 Å². The van der Waals surface area contributed by atoms with Gasteiger partial charge in [-0.25, -0.2) is 0 Å². The van der Waals surface area contributed by atoms with Crippen LogP contribution in [-0.4, -0.2) is 50.8 Å². The summed E-state index contributed by atoms with van der Waals surface area (Å²) in [6.07, 6.45) is 2.33. The van der Waals surface area contributed by atoms with Crippen molar-refractivity contribution in [1.82, 2.24) is 4.90 Å². The molecule has 0 saturated carbocycles. The van der Waals surface area contributed by atoms with Crippen LogP contribution in [0.15, 0.2) is 18.2 Å². The number of ether oxygens (including phenoxy) is 3. The third-order valence-corrected chi connectivity index (χ3v) is 3.99. The largest absolute Gasteiger partial charge is 0.493 e. The molecule has 5 heteroatoms. The Labute approximate surface area is 132 Å². The first-order valence-electron chi connectivity index (χ1n) is 7.78. The van der Waals surface area contributed by atoms with Gasteiger partial charge in [-0.05, 0) is 37.5 Å². The third kappa shape index (κ3) is 4.13. The highest BCUT2D eigenvalue weighted by molar-refractivity contribution is 5.76. The van der Waals surface area contributed by atoms with Gasteiger partial charge < -0.3 is 19.1 Å². The van der Waals surface area contributed by atoms with Crippen LogP contribution in [0, 0.1) is 0 Å². The van der Waals surface area contributed by atoms with E-state index in [0.717, 1.165) is 24.3 Å². The molecule has 122 valence electrons. The van der Waals surface area contributed by atoms with E-state index in [-0.39, 0.29) is 12.0 Å². The molecule has 1 amide bonds. The minimum atomic E-state index is 0.187. The monoisotopic (exact) mass is 307 g/mol. The first-order chi connectivity index (χ1) is 10.7. The Morgan fingerprint density at radius 2 is 2.14 bits per heavy atom. The van der Waals surface area contributed by atoms with E-state index in [1.54, 1.807) is 14.2 Å². The maximum atomic E-state index is 12.2. The molecule has 1 aliphatic heterocycles. The lowest BCUT2D eigenvalue weighted by atomic mass is 10.1. The summed E-state index contributed by atoms with van der Waals surface area (Å²) in [5, 5.41) is 0. The van der Waals surface area contributed by atoms with Gasteiger partial charge in [-0.3, -0.25) is 4.79 Å². The number of rotatable bonds is 7. The van der Waals surface area contributed by atoms with Crippen LogP contribution in [0.2, 0.25) is 0 Å². The zero-order valence-electron chi connectivity index (χ0n) is 13.6. The van der Waals surface area contributed by atoms with E-state index >= 15 is 0 Å². The average molecular weight is 307 g/mol. The van der Waals surface area contributed by atoms with Crippen LogP contribution in [0.3, 0.4) is 0 Å². The summed E-state index contributed by atoms with van der Waals surface area (Å²) >= 11 is 0. The molecule has 1 unspecified atom stereocenters. The number of carbonyl (C=O) groups is 1. The molecule has 1 atom stereocenters. The van der Waals surface area contributed by atoms with Gasteiger partial charge in [0.2, 0.25) is 5.91 Å². The molecule has 0 aromatic heterocycles. The average Bonchev–Trinajstić information content (AvgIpc) is 3.03. The quantitative estimate of drug-likeness (QED) is 0.775. The number of benzene rings is 1. The minimum absolute atomic E-state index is 0.187. The van der Waals surface area contributed by atoms with Crippen LogP contribution in [0.25, 0.3) is 0 Å². The van der Waals surface area contributed by atoms with Crippen LogP contribution in [0.1, 0.15) is 25.3 Å². The predicted octanol–water partition coefficient (Wildman–Crippen LogP) is 2.27. The molecule has 0 aliphatic carbocycles. The van der Waals surface area contributed by atoms with Crippen molar-refractivity contribution in [3.8, 4) is 11.5 Å². The summed E-state index contributed by atoms with van der Waals surface area (Å²) in [6, 6.07) is 5.84. The van der Waals surface area contributed by atoms with E-state index in [4.69, 9.17) is 14.2 Å². The second-order valence-corrected chi connectivity index (χ2v) is 5.40. The summed E-state index contributed by atoms with van der Waals surface area (Å²) < 4.78 is 16.1. The summed E-state index contributed by atoms with van der Waals surface area (Å²) in [4.78, 5) is 14.1. The van der Waals surface area contributed by atoms with Crippen molar-refractivity contribution in [2.24, 2.45) is 0 Å². The minimum Gasteiger partial charge on any atom is -0.493 e. The van der Waals surface area contributed by atoms with Crippen molar-refractivity contribution in [2.45, 2.75) is 32.3 Å². The number of amides is 1. The Bertz CT molecular complexity index is 503.